The Morgan fingerprint density at radius 2 is 1.89 bits per heavy atom. The third-order valence-electron chi connectivity index (χ3n) is 2.04. The average molecular weight is 254 g/mol. The highest BCUT2D eigenvalue weighted by atomic mass is 16.6. The van der Waals surface area contributed by atoms with Crippen LogP contribution in [0.3, 0.4) is 0 Å². The Morgan fingerprint density at radius 1 is 1.28 bits per heavy atom. The molecule has 0 spiro atoms. The van der Waals surface area contributed by atoms with Gasteiger partial charge in [0.1, 0.15) is 0 Å². The van der Waals surface area contributed by atoms with Gasteiger partial charge in [-0.15, -0.1) is 0 Å². The molecule has 0 amide bonds. The van der Waals surface area contributed by atoms with Crippen molar-refractivity contribution in [2.75, 3.05) is 13.7 Å². The van der Waals surface area contributed by atoms with E-state index < -0.39 is 18.0 Å². The number of rotatable bonds is 6. The Morgan fingerprint density at radius 3 is 2.39 bits per heavy atom. The molecular weight excluding hydrogens is 240 g/mol. The van der Waals surface area contributed by atoms with E-state index in [1.54, 1.807) is 25.1 Å². The Balaban J connectivity index is 2.90. The number of benzene rings is 1. The molecule has 0 aliphatic carbocycles. The van der Waals surface area contributed by atoms with Crippen molar-refractivity contribution in [2.24, 2.45) is 0 Å². The number of para-hydroxylation sites is 2. The zero-order valence-corrected chi connectivity index (χ0v) is 10.1. The van der Waals surface area contributed by atoms with E-state index in [-0.39, 0.29) is 12.4 Å². The molecular formula is C12H14O6. The van der Waals surface area contributed by atoms with Gasteiger partial charge in [0, 0.05) is 0 Å². The van der Waals surface area contributed by atoms with Gasteiger partial charge in [0.15, 0.2) is 11.5 Å². The Bertz CT molecular complexity index is 428. The summed E-state index contributed by atoms with van der Waals surface area (Å²) in [6.45, 7) is 1.66. The normalized spacial score (nSPS) is 11.4. The molecule has 0 saturated heterocycles. The van der Waals surface area contributed by atoms with Crippen LogP contribution >= 0.6 is 0 Å². The molecule has 0 aliphatic heterocycles. The van der Waals surface area contributed by atoms with Crippen LogP contribution in [0.5, 0.6) is 11.5 Å². The number of aliphatic carboxylic acids is 1. The van der Waals surface area contributed by atoms with E-state index in [2.05, 4.69) is 4.74 Å². The molecule has 1 N–H and O–H groups in total. The van der Waals surface area contributed by atoms with Gasteiger partial charge in [-0.2, -0.15) is 0 Å². The largest absolute Gasteiger partial charge is 0.493 e. The molecule has 0 radical (unpaired) electrons. The monoisotopic (exact) mass is 254 g/mol. The van der Waals surface area contributed by atoms with Crippen LogP contribution in [-0.4, -0.2) is 36.9 Å². The fourth-order valence-corrected chi connectivity index (χ4v) is 1.26. The summed E-state index contributed by atoms with van der Waals surface area (Å²) in [4.78, 5) is 22.4. The third-order valence-corrected chi connectivity index (χ3v) is 2.04. The highest BCUT2D eigenvalue weighted by Gasteiger charge is 2.30. The maximum Gasteiger partial charge on any atom is 0.359 e. The van der Waals surface area contributed by atoms with Crippen molar-refractivity contribution in [2.45, 2.75) is 13.0 Å². The van der Waals surface area contributed by atoms with E-state index in [4.69, 9.17) is 14.6 Å². The molecule has 1 atom stereocenters. The van der Waals surface area contributed by atoms with Crippen LogP contribution in [0, 0.1) is 0 Å². The summed E-state index contributed by atoms with van der Waals surface area (Å²) >= 11 is 0. The summed E-state index contributed by atoms with van der Waals surface area (Å²) in [7, 11) is 1.42. The number of carboxylic acid groups (broad SMARTS) is 1. The van der Waals surface area contributed by atoms with E-state index in [1.807, 2.05) is 0 Å². The Kier molecular flexibility index (Phi) is 4.98. The van der Waals surface area contributed by atoms with Gasteiger partial charge in [0.2, 0.25) is 0 Å². The minimum atomic E-state index is -1.71. The first-order valence-corrected chi connectivity index (χ1v) is 5.29. The fraction of sp³-hybridized carbons (Fsp3) is 0.333. The van der Waals surface area contributed by atoms with Crippen molar-refractivity contribution >= 4 is 11.9 Å². The minimum Gasteiger partial charge on any atom is -0.493 e. The number of carbonyl (C=O) groups is 2. The summed E-state index contributed by atoms with van der Waals surface area (Å²) in [5, 5.41) is 8.93. The van der Waals surface area contributed by atoms with Crippen molar-refractivity contribution in [3.05, 3.63) is 24.3 Å². The number of carbonyl (C=O) groups excluding carboxylic acids is 1. The zero-order chi connectivity index (χ0) is 13.5. The van der Waals surface area contributed by atoms with Crippen molar-refractivity contribution in [3.63, 3.8) is 0 Å². The molecule has 0 aliphatic rings. The Labute approximate surface area is 104 Å². The second-order valence-electron chi connectivity index (χ2n) is 3.24. The van der Waals surface area contributed by atoms with E-state index in [9.17, 15) is 9.59 Å². The zero-order valence-electron chi connectivity index (χ0n) is 10.1. The van der Waals surface area contributed by atoms with Gasteiger partial charge in [-0.05, 0) is 19.1 Å². The van der Waals surface area contributed by atoms with Crippen LogP contribution in [0.4, 0.5) is 0 Å². The van der Waals surface area contributed by atoms with Gasteiger partial charge < -0.3 is 19.3 Å². The number of hydrogen-bond acceptors (Lipinski definition) is 5. The summed E-state index contributed by atoms with van der Waals surface area (Å²) in [5.74, 6) is -1.86. The van der Waals surface area contributed by atoms with E-state index >= 15 is 0 Å². The summed E-state index contributed by atoms with van der Waals surface area (Å²) in [5.41, 5.74) is 0. The van der Waals surface area contributed by atoms with E-state index in [0.29, 0.717) is 5.75 Å². The van der Waals surface area contributed by atoms with Gasteiger partial charge in [0.25, 0.3) is 6.10 Å². The van der Waals surface area contributed by atoms with Crippen LogP contribution in [0.15, 0.2) is 24.3 Å². The Hall–Kier alpha value is -2.24. The van der Waals surface area contributed by atoms with Gasteiger partial charge in [0.05, 0.1) is 13.7 Å². The predicted octanol–water partition coefficient (Wildman–Crippen LogP) is 1.09. The number of ether oxygens (including phenoxy) is 3. The number of esters is 1. The van der Waals surface area contributed by atoms with Gasteiger partial charge >= 0.3 is 11.9 Å². The van der Waals surface area contributed by atoms with Crippen molar-refractivity contribution in [1.29, 1.82) is 0 Å². The van der Waals surface area contributed by atoms with Gasteiger partial charge in [-0.3, -0.25) is 0 Å². The summed E-state index contributed by atoms with van der Waals surface area (Å²) < 4.78 is 14.7. The topological polar surface area (TPSA) is 82.1 Å². The number of methoxy groups -OCH3 is 1. The second-order valence-corrected chi connectivity index (χ2v) is 3.24. The van der Waals surface area contributed by atoms with Crippen LogP contribution in [-0.2, 0) is 14.3 Å². The lowest BCUT2D eigenvalue weighted by Crippen LogP contribution is -2.37. The first-order valence-electron chi connectivity index (χ1n) is 5.29. The van der Waals surface area contributed by atoms with E-state index in [1.165, 1.54) is 13.2 Å². The van der Waals surface area contributed by atoms with Crippen LogP contribution in [0.1, 0.15) is 6.92 Å². The fourth-order valence-electron chi connectivity index (χ4n) is 1.26. The lowest BCUT2D eigenvalue weighted by Gasteiger charge is -2.15. The maximum absolute atomic E-state index is 11.4. The molecule has 1 aromatic carbocycles. The smallest absolute Gasteiger partial charge is 0.359 e. The lowest BCUT2D eigenvalue weighted by molar-refractivity contribution is -0.162. The molecule has 6 heteroatoms. The molecule has 1 unspecified atom stereocenters. The molecule has 1 rings (SSSR count). The summed E-state index contributed by atoms with van der Waals surface area (Å²) in [6.07, 6.45) is -1.71. The molecule has 0 bridgehead atoms. The van der Waals surface area contributed by atoms with Crippen LogP contribution in [0.25, 0.3) is 0 Å². The van der Waals surface area contributed by atoms with Crippen LogP contribution in [0.2, 0.25) is 0 Å². The summed E-state index contributed by atoms with van der Waals surface area (Å²) in [6, 6.07) is 6.45. The molecule has 98 valence electrons. The van der Waals surface area contributed by atoms with Crippen molar-refractivity contribution in [1.82, 2.24) is 0 Å². The average Bonchev–Trinajstić information content (AvgIpc) is 2.36. The molecule has 0 fully saturated rings. The molecule has 0 aromatic heterocycles. The van der Waals surface area contributed by atoms with Crippen molar-refractivity contribution in [3.8, 4) is 11.5 Å². The van der Waals surface area contributed by atoms with Crippen LogP contribution < -0.4 is 9.47 Å². The first-order chi connectivity index (χ1) is 8.60. The van der Waals surface area contributed by atoms with Crippen molar-refractivity contribution < 1.29 is 28.9 Å². The SMILES string of the molecule is CCOC(=O)C(Oc1ccccc1OC)C(=O)O. The highest BCUT2D eigenvalue weighted by molar-refractivity contribution is 5.97. The molecule has 6 nitrogen and oxygen atoms in total. The quantitative estimate of drug-likeness (QED) is 0.604. The molecule has 0 heterocycles. The number of hydrogen-bond donors (Lipinski definition) is 1. The van der Waals surface area contributed by atoms with E-state index in [0.717, 1.165) is 0 Å². The lowest BCUT2D eigenvalue weighted by atomic mass is 10.3. The van der Waals surface area contributed by atoms with Gasteiger partial charge in [-0.25, -0.2) is 9.59 Å². The molecule has 0 saturated carbocycles. The number of carboxylic acids is 1. The predicted molar refractivity (Wildman–Crippen MR) is 61.7 cm³/mol. The standard InChI is InChI=1S/C12H14O6/c1-3-17-12(15)10(11(13)14)18-9-7-5-4-6-8(9)16-2/h4-7,10H,3H2,1-2H3,(H,13,14). The third kappa shape index (κ3) is 3.38. The second kappa shape index (κ2) is 6.48. The molecule has 18 heavy (non-hydrogen) atoms. The maximum atomic E-state index is 11.4. The molecule has 1 aromatic rings. The van der Waals surface area contributed by atoms with Gasteiger partial charge in [-0.1, -0.05) is 12.1 Å². The highest BCUT2D eigenvalue weighted by Crippen LogP contribution is 2.27. The first kappa shape index (κ1) is 13.8. The minimum absolute atomic E-state index is 0.0812.